The lowest BCUT2D eigenvalue weighted by molar-refractivity contribution is -0.385. The number of aromatic hydroxyl groups is 1. The van der Waals surface area contributed by atoms with Crippen molar-refractivity contribution in [3.63, 3.8) is 0 Å². The van der Waals surface area contributed by atoms with Crippen molar-refractivity contribution in [2.75, 3.05) is 14.2 Å². The van der Waals surface area contributed by atoms with Gasteiger partial charge in [-0.3, -0.25) is 10.1 Å². The molecule has 0 fully saturated rings. The average Bonchev–Trinajstić information content (AvgIpc) is 2.61. The van der Waals surface area contributed by atoms with Gasteiger partial charge in [0.2, 0.25) is 5.75 Å². The zero-order valence-electron chi connectivity index (χ0n) is 13.1. The number of rotatable bonds is 4. The van der Waals surface area contributed by atoms with Gasteiger partial charge in [-0.2, -0.15) is 0 Å². The third-order valence-electron chi connectivity index (χ3n) is 3.41. The molecule has 0 aliphatic rings. The van der Waals surface area contributed by atoms with Gasteiger partial charge in [0.1, 0.15) is 5.56 Å². The van der Waals surface area contributed by atoms with Gasteiger partial charge in [-0.15, -0.1) is 0 Å². The van der Waals surface area contributed by atoms with Crippen LogP contribution in [0.1, 0.15) is 20.7 Å². The van der Waals surface area contributed by atoms with E-state index in [1.165, 1.54) is 31.4 Å². The van der Waals surface area contributed by atoms with Gasteiger partial charge in [0.15, 0.2) is 0 Å². The first-order valence-corrected chi connectivity index (χ1v) is 7.16. The van der Waals surface area contributed by atoms with Gasteiger partial charge < -0.3 is 14.6 Å². The maximum absolute atomic E-state index is 11.6. The van der Waals surface area contributed by atoms with Crippen LogP contribution in [0, 0.1) is 10.1 Å². The van der Waals surface area contributed by atoms with Crippen molar-refractivity contribution in [1.29, 1.82) is 0 Å². The normalized spacial score (nSPS) is 10.2. The van der Waals surface area contributed by atoms with Crippen LogP contribution in [0.4, 0.5) is 5.69 Å². The van der Waals surface area contributed by atoms with Crippen molar-refractivity contribution in [3.05, 3.63) is 56.6 Å². The van der Waals surface area contributed by atoms with Crippen LogP contribution in [0.5, 0.6) is 5.75 Å². The Morgan fingerprint density at radius 1 is 1.12 bits per heavy atom. The topological polar surface area (TPSA) is 116 Å². The summed E-state index contributed by atoms with van der Waals surface area (Å²) in [5.74, 6) is -2.39. The molecule has 0 atom stereocenters. The molecule has 0 radical (unpaired) electrons. The van der Waals surface area contributed by atoms with E-state index in [9.17, 15) is 24.8 Å². The first-order chi connectivity index (χ1) is 11.8. The van der Waals surface area contributed by atoms with Crippen LogP contribution < -0.4 is 0 Å². The highest BCUT2D eigenvalue weighted by Gasteiger charge is 2.30. The molecule has 2 aromatic rings. The highest BCUT2D eigenvalue weighted by molar-refractivity contribution is 6.34. The fourth-order valence-corrected chi connectivity index (χ4v) is 2.54. The Morgan fingerprint density at radius 3 is 2.16 bits per heavy atom. The Labute approximate surface area is 146 Å². The number of methoxy groups -OCH3 is 2. The van der Waals surface area contributed by atoms with Crippen LogP contribution in [-0.4, -0.2) is 36.2 Å². The van der Waals surface area contributed by atoms with Gasteiger partial charge in [0.05, 0.1) is 35.3 Å². The van der Waals surface area contributed by atoms with Crippen molar-refractivity contribution < 1.29 is 29.1 Å². The van der Waals surface area contributed by atoms with Crippen molar-refractivity contribution in [2.45, 2.75) is 0 Å². The number of esters is 2. The summed E-state index contributed by atoms with van der Waals surface area (Å²) in [4.78, 5) is 33.7. The molecule has 0 aliphatic carbocycles. The third kappa shape index (κ3) is 3.38. The van der Waals surface area contributed by atoms with E-state index in [0.717, 1.165) is 13.2 Å². The predicted molar refractivity (Wildman–Crippen MR) is 87.9 cm³/mol. The molecule has 1 N–H and O–H groups in total. The molecule has 0 spiro atoms. The summed E-state index contributed by atoms with van der Waals surface area (Å²) < 4.78 is 9.05. The lowest BCUT2D eigenvalue weighted by atomic mass is 9.99. The van der Waals surface area contributed by atoms with E-state index in [2.05, 4.69) is 9.47 Å². The molecule has 25 heavy (non-hydrogen) atoms. The van der Waals surface area contributed by atoms with Gasteiger partial charge in [-0.05, 0) is 23.8 Å². The molecule has 2 aromatic carbocycles. The summed E-state index contributed by atoms with van der Waals surface area (Å²) in [6, 6.07) is 6.70. The van der Waals surface area contributed by atoms with Crippen molar-refractivity contribution in [3.8, 4) is 16.9 Å². The minimum Gasteiger partial charge on any atom is -0.501 e. The number of hydrogen-bond acceptors (Lipinski definition) is 7. The maximum Gasteiger partial charge on any atom is 0.341 e. The van der Waals surface area contributed by atoms with Crippen LogP contribution in [0.25, 0.3) is 11.1 Å². The minimum absolute atomic E-state index is 0.0896. The number of ether oxygens (including phenoxy) is 2. The molecular weight excluding hydrogens is 354 g/mol. The molecule has 0 saturated carbocycles. The van der Waals surface area contributed by atoms with E-state index < -0.39 is 33.9 Å². The summed E-state index contributed by atoms with van der Waals surface area (Å²) >= 11 is 6.10. The van der Waals surface area contributed by atoms with Gasteiger partial charge in [0, 0.05) is 0 Å². The smallest absolute Gasteiger partial charge is 0.341 e. The number of nitro groups is 1. The van der Waals surface area contributed by atoms with Gasteiger partial charge in [0.25, 0.3) is 0 Å². The van der Waals surface area contributed by atoms with Crippen LogP contribution >= 0.6 is 11.6 Å². The first kappa shape index (κ1) is 18.2. The fraction of sp³-hybridized carbons (Fsp3) is 0.125. The van der Waals surface area contributed by atoms with Crippen LogP contribution in [0.3, 0.4) is 0 Å². The number of phenolic OH excluding ortho intramolecular Hbond substituents is 1. The Hall–Kier alpha value is -3.13. The van der Waals surface area contributed by atoms with E-state index in [1.54, 1.807) is 0 Å². The van der Waals surface area contributed by atoms with E-state index in [1.807, 2.05) is 0 Å². The Bertz CT molecular complexity index is 862. The molecule has 2 rings (SSSR count). The largest absolute Gasteiger partial charge is 0.501 e. The number of nitro benzene ring substituents is 1. The zero-order valence-corrected chi connectivity index (χ0v) is 13.9. The molecule has 0 bridgehead atoms. The van der Waals surface area contributed by atoms with E-state index in [0.29, 0.717) is 0 Å². The SMILES string of the molecule is COC(=O)c1ccc(-c2c(Cl)cc(C(=O)OC)c(O)c2[N+](=O)[O-])cc1. The van der Waals surface area contributed by atoms with Crippen LogP contribution in [0.2, 0.25) is 5.02 Å². The van der Waals surface area contributed by atoms with Crippen LogP contribution in [0.15, 0.2) is 30.3 Å². The molecule has 0 unspecified atom stereocenters. The lowest BCUT2D eigenvalue weighted by Crippen LogP contribution is -2.05. The van der Waals surface area contributed by atoms with E-state index in [-0.39, 0.29) is 21.7 Å². The summed E-state index contributed by atoms with van der Waals surface area (Å²) in [7, 11) is 2.29. The number of hydrogen-bond donors (Lipinski definition) is 1. The van der Waals surface area contributed by atoms with Crippen LogP contribution in [-0.2, 0) is 9.47 Å². The van der Waals surface area contributed by atoms with Crippen molar-refractivity contribution in [2.24, 2.45) is 0 Å². The summed E-state index contributed by atoms with van der Waals surface area (Å²) in [6.07, 6.45) is 0. The Morgan fingerprint density at radius 2 is 1.68 bits per heavy atom. The van der Waals surface area contributed by atoms with Gasteiger partial charge >= 0.3 is 17.6 Å². The molecule has 0 aromatic heterocycles. The number of phenols is 1. The number of nitrogens with zero attached hydrogens (tertiary/aromatic N) is 1. The number of halogens is 1. The molecule has 0 amide bonds. The maximum atomic E-state index is 11.6. The van der Waals surface area contributed by atoms with Gasteiger partial charge in [-0.1, -0.05) is 23.7 Å². The Kier molecular flexibility index (Phi) is 5.23. The third-order valence-corrected chi connectivity index (χ3v) is 3.71. The quantitative estimate of drug-likeness (QED) is 0.502. The summed E-state index contributed by atoms with van der Waals surface area (Å²) in [6.45, 7) is 0. The average molecular weight is 366 g/mol. The molecule has 9 heteroatoms. The number of carbonyl (C=O) groups is 2. The second kappa shape index (κ2) is 7.18. The second-order valence-corrected chi connectivity index (χ2v) is 5.20. The number of carbonyl (C=O) groups excluding carboxylic acids is 2. The first-order valence-electron chi connectivity index (χ1n) is 6.78. The minimum atomic E-state index is -0.963. The Balaban J connectivity index is 2.69. The molecule has 0 aliphatic heterocycles. The monoisotopic (exact) mass is 365 g/mol. The second-order valence-electron chi connectivity index (χ2n) is 4.80. The highest BCUT2D eigenvalue weighted by Crippen LogP contribution is 2.44. The fourth-order valence-electron chi connectivity index (χ4n) is 2.24. The lowest BCUT2D eigenvalue weighted by Gasteiger charge is -2.11. The zero-order chi connectivity index (χ0) is 18.7. The van der Waals surface area contributed by atoms with Crippen molar-refractivity contribution in [1.82, 2.24) is 0 Å². The summed E-state index contributed by atoms with van der Waals surface area (Å²) in [5, 5.41) is 21.4. The van der Waals surface area contributed by atoms with Gasteiger partial charge in [-0.25, -0.2) is 9.59 Å². The molecule has 8 nitrogen and oxygen atoms in total. The molecule has 130 valence electrons. The number of benzene rings is 2. The summed E-state index contributed by atoms with van der Waals surface area (Å²) in [5.41, 5.74) is -0.738. The highest BCUT2D eigenvalue weighted by atomic mass is 35.5. The van der Waals surface area contributed by atoms with Crippen molar-refractivity contribution >= 4 is 29.2 Å². The standard InChI is InChI=1S/C16H12ClNO7/c1-24-15(20)9-5-3-8(4-6-9)12-11(17)7-10(16(21)25-2)14(19)13(12)18(22)23/h3-7,19H,1-2H3. The molecule has 0 saturated heterocycles. The molecular formula is C16H12ClNO7. The van der Waals surface area contributed by atoms with E-state index in [4.69, 9.17) is 11.6 Å². The predicted octanol–water partition coefficient (Wildman–Crippen LogP) is 3.19. The molecule has 0 heterocycles. The van der Waals surface area contributed by atoms with E-state index >= 15 is 0 Å².